The molecule has 5 unspecified atom stereocenters. The number of hydrogen-bond donors (Lipinski definition) is 6. The normalized spacial score (nSPS) is 20.7. The fraction of sp³-hybridized carbons (Fsp3) is 0.941. The molecule has 2 amide bonds. The second kappa shape index (κ2) is 32.6. The zero-order valence-corrected chi connectivity index (χ0v) is 31.7. The van der Waals surface area contributed by atoms with Crippen LogP contribution in [0.5, 0.6) is 0 Å². The van der Waals surface area contributed by atoms with Gasteiger partial charge in [-0.05, 0) is 90.4 Å². The van der Waals surface area contributed by atoms with Crippen molar-refractivity contribution in [1.29, 1.82) is 0 Å². The molecule has 0 aromatic heterocycles. The molecule has 1 heterocycles. The van der Waals surface area contributed by atoms with Gasteiger partial charge in [-0.2, -0.15) is 0 Å². The van der Waals surface area contributed by atoms with Crippen molar-refractivity contribution in [3.05, 3.63) is 0 Å². The fourth-order valence-electron chi connectivity index (χ4n) is 5.79. The molecule has 0 saturated carbocycles. The fourth-order valence-corrected chi connectivity index (χ4v) is 5.90. The summed E-state index contributed by atoms with van der Waals surface area (Å²) in [5.74, 6) is -0.239. The predicted octanol–water partition coefficient (Wildman–Crippen LogP) is 2.66. The Morgan fingerprint density at radius 3 is 1.71 bits per heavy atom. The van der Waals surface area contributed by atoms with Gasteiger partial charge >= 0.3 is 6.09 Å². The lowest BCUT2D eigenvalue weighted by Gasteiger charge is -2.46. The summed E-state index contributed by atoms with van der Waals surface area (Å²) in [6.45, 7) is 8.25. The molecule has 0 spiro atoms. The number of hydrogen-bond acceptors (Lipinski definition) is 13. The summed E-state index contributed by atoms with van der Waals surface area (Å²) in [5.41, 5.74) is 0. The van der Waals surface area contributed by atoms with E-state index < -0.39 is 18.5 Å². The second-order valence-electron chi connectivity index (χ2n) is 12.4. The van der Waals surface area contributed by atoms with E-state index in [0.29, 0.717) is 39.3 Å². The number of carbonyl (C=O) groups is 2. The molecule has 14 nitrogen and oxygen atoms in total. The van der Waals surface area contributed by atoms with E-state index >= 15 is 0 Å². The van der Waals surface area contributed by atoms with Crippen LogP contribution in [0.4, 0.5) is 4.79 Å². The van der Waals surface area contributed by atoms with Gasteiger partial charge in [0, 0.05) is 92.8 Å². The van der Waals surface area contributed by atoms with E-state index in [1.165, 1.54) is 0 Å². The summed E-state index contributed by atoms with van der Waals surface area (Å²) in [5, 5.41) is 13.8. The summed E-state index contributed by atoms with van der Waals surface area (Å²) in [6, 6.07) is 0. The largest absolute Gasteiger partial charge is 0.440 e. The average molecular weight is 724 g/mol. The Morgan fingerprint density at radius 1 is 0.633 bits per heavy atom. The lowest BCUT2D eigenvalue weighted by molar-refractivity contribution is -0.272. The van der Waals surface area contributed by atoms with Crippen molar-refractivity contribution in [3.63, 3.8) is 0 Å². The van der Waals surface area contributed by atoms with Gasteiger partial charge in [-0.3, -0.25) is 4.79 Å². The van der Waals surface area contributed by atoms with Crippen LogP contribution in [-0.2, 0) is 38.0 Å². The van der Waals surface area contributed by atoms with E-state index in [9.17, 15) is 9.59 Å². The summed E-state index contributed by atoms with van der Waals surface area (Å²) in [7, 11) is 6.83. The van der Waals surface area contributed by atoms with Gasteiger partial charge in [0.2, 0.25) is 5.91 Å². The molecule has 5 N–H and O–H groups in total. The molecular weight excluding hydrogens is 654 g/mol. The van der Waals surface area contributed by atoms with Gasteiger partial charge in [-0.1, -0.05) is 12.8 Å². The van der Waals surface area contributed by atoms with Crippen molar-refractivity contribution in [1.82, 2.24) is 26.0 Å². The smallest absolute Gasteiger partial charge is 0.407 e. The molecule has 0 aromatic rings. The first-order valence-corrected chi connectivity index (χ1v) is 18.7. The topological polar surface area (TPSA) is 159 Å². The predicted molar refractivity (Wildman–Crippen MR) is 194 cm³/mol. The molecule has 5 atom stereocenters. The van der Waals surface area contributed by atoms with Crippen LogP contribution in [0.15, 0.2) is 0 Å². The Bertz CT molecular complexity index is 792. The van der Waals surface area contributed by atoms with Crippen molar-refractivity contribution < 1.29 is 42.7 Å². The summed E-state index contributed by atoms with van der Waals surface area (Å²) in [6.07, 6.45) is 6.96. The van der Waals surface area contributed by atoms with Crippen molar-refractivity contribution in [2.45, 2.75) is 89.1 Å². The highest BCUT2D eigenvalue weighted by atomic mass is 32.1. The molecule has 15 heteroatoms. The molecule has 1 aliphatic heterocycles. The van der Waals surface area contributed by atoms with Crippen molar-refractivity contribution in [2.75, 3.05) is 107 Å². The molecule has 290 valence electrons. The van der Waals surface area contributed by atoms with Gasteiger partial charge in [0.1, 0.15) is 0 Å². The highest BCUT2D eigenvalue weighted by molar-refractivity contribution is 7.78. The molecule has 1 fully saturated rings. The number of thiol groups is 1. The third-order valence-electron chi connectivity index (χ3n) is 8.49. The quantitative estimate of drug-likeness (QED) is 0.0435. The molecule has 0 aliphatic carbocycles. The second-order valence-corrected chi connectivity index (χ2v) is 12.6. The number of amides is 2. The number of unbranched alkanes of at least 4 members (excludes halogenated alkanes) is 4. The first-order chi connectivity index (χ1) is 24.0. The number of nitrogens with one attached hydrogen (secondary N) is 5. The van der Waals surface area contributed by atoms with E-state index in [1.807, 2.05) is 0 Å². The average Bonchev–Trinajstić information content (AvgIpc) is 3.10. The van der Waals surface area contributed by atoms with Crippen molar-refractivity contribution in [3.8, 4) is 0 Å². The van der Waals surface area contributed by atoms with Crippen LogP contribution in [-0.4, -0.2) is 138 Å². The Labute approximate surface area is 301 Å². The maximum absolute atomic E-state index is 13.2. The Hall–Kier alpha value is -1.27. The van der Waals surface area contributed by atoms with Gasteiger partial charge < -0.3 is 59.1 Å². The third-order valence-corrected chi connectivity index (χ3v) is 8.74. The van der Waals surface area contributed by atoms with Gasteiger partial charge in [0.05, 0.1) is 12.7 Å². The molecule has 0 bridgehead atoms. The highest BCUT2D eigenvalue weighted by Crippen LogP contribution is 2.35. The van der Waals surface area contributed by atoms with Crippen molar-refractivity contribution in [2.24, 2.45) is 11.8 Å². The van der Waals surface area contributed by atoms with Gasteiger partial charge in [-0.25, -0.2) is 4.79 Å². The number of alkyl carbamates (subject to hydrolysis) is 1. The van der Waals surface area contributed by atoms with Crippen molar-refractivity contribution >= 4 is 24.8 Å². The lowest BCUT2D eigenvalue weighted by atomic mass is 9.79. The van der Waals surface area contributed by atoms with Gasteiger partial charge in [0.15, 0.2) is 12.4 Å². The van der Waals surface area contributed by atoms with Crippen LogP contribution in [0.2, 0.25) is 0 Å². The monoisotopic (exact) mass is 723 g/mol. The SMILES string of the molecule is COCCCCNCCC1OC(OCCCC(=O)NS)C(OC(=O)NCCCCOC)C(CNCCCCOC)C1CNCCCCOC. The molecule has 0 aromatic carbocycles. The first kappa shape index (κ1) is 45.8. The van der Waals surface area contributed by atoms with Crippen LogP contribution in [0, 0.1) is 11.8 Å². The molecule has 0 radical (unpaired) electrons. The zero-order valence-electron chi connectivity index (χ0n) is 30.8. The molecule has 1 aliphatic rings. The zero-order chi connectivity index (χ0) is 35.8. The Morgan fingerprint density at radius 2 is 1.16 bits per heavy atom. The number of rotatable bonds is 33. The minimum Gasteiger partial charge on any atom is -0.440 e. The number of ether oxygens (including phenoxy) is 7. The minimum atomic E-state index is -0.789. The van der Waals surface area contributed by atoms with E-state index in [-0.39, 0.29) is 36.9 Å². The van der Waals surface area contributed by atoms with Crippen LogP contribution < -0.4 is 26.0 Å². The van der Waals surface area contributed by atoms with Crippen LogP contribution in [0.3, 0.4) is 0 Å². The Kier molecular flexibility index (Phi) is 30.5. The maximum Gasteiger partial charge on any atom is 0.407 e. The van der Waals surface area contributed by atoms with Gasteiger partial charge in [0.25, 0.3) is 0 Å². The third kappa shape index (κ3) is 23.0. The van der Waals surface area contributed by atoms with E-state index in [1.54, 1.807) is 28.4 Å². The first-order valence-electron chi connectivity index (χ1n) is 18.2. The van der Waals surface area contributed by atoms with Gasteiger partial charge in [-0.15, -0.1) is 0 Å². The number of methoxy groups -OCH3 is 4. The van der Waals surface area contributed by atoms with Crippen LogP contribution in [0.1, 0.15) is 70.6 Å². The molecular formula is C34H69N5O9S. The summed E-state index contributed by atoms with van der Waals surface area (Å²) >= 11 is 3.85. The summed E-state index contributed by atoms with van der Waals surface area (Å²) < 4.78 is 42.3. The molecule has 1 rings (SSSR count). The molecule has 1 saturated heterocycles. The molecule has 49 heavy (non-hydrogen) atoms. The Balaban J connectivity index is 3.19. The van der Waals surface area contributed by atoms with E-state index in [2.05, 4.69) is 38.8 Å². The van der Waals surface area contributed by atoms with E-state index in [0.717, 1.165) is 97.2 Å². The lowest BCUT2D eigenvalue weighted by Crippen LogP contribution is -2.59. The van der Waals surface area contributed by atoms with Crippen LogP contribution >= 0.6 is 12.8 Å². The van der Waals surface area contributed by atoms with E-state index in [4.69, 9.17) is 33.2 Å². The standard InChI is InChI=1S/C34H69N5O9S/c1-42-21-9-5-16-35-20-15-30-28(26-36-17-6-10-22-43-2)29(27-37-18-7-11-23-44-3)32(48-34(41)38-19-8-12-24-45-4)33(47-30)46-25-13-14-31(40)39-49/h28-30,32-33,35-37,49H,5-27H2,1-4H3,(H,38,41)(H,39,40). The summed E-state index contributed by atoms with van der Waals surface area (Å²) in [4.78, 5) is 25.0. The highest BCUT2D eigenvalue weighted by Gasteiger charge is 2.47. The van der Waals surface area contributed by atoms with Crippen LogP contribution in [0.25, 0.3) is 0 Å². The minimum absolute atomic E-state index is 0.0403. The number of carbonyl (C=O) groups excluding carboxylic acids is 2. The maximum atomic E-state index is 13.2.